The average molecular weight is 328 g/mol. The number of benzene rings is 2. The van der Waals surface area contributed by atoms with E-state index in [4.69, 9.17) is 16.3 Å². The quantitative estimate of drug-likeness (QED) is 0.802. The van der Waals surface area contributed by atoms with E-state index in [1.807, 2.05) is 24.3 Å². The third-order valence-electron chi connectivity index (χ3n) is 5.23. The lowest BCUT2D eigenvalue weighted by Crippen LogP contribution is -2.47. The third kappa shape index (κ3) is 3.39. The van der Waals surface area contributed by atoms with Crippen LogP contribution in [0.5, 0.6) is 5.75 Å². The molecule has 0 N–H and O–H groups in total. The maximum atomic E-state index is 6.31. The molecule has 2 nitrogen and oxygen atoms in total. The Morgan fingerprint density at radius 3 is 2.57 bits per heavy atom. The monoisotopic (exact) mass is 327 g/mol. The Balaban J connectivity index is 1.46. The fourth-order valence-electron chi connectivity index (χ4n) is 4.02. The molecule has 23 heavy (non-hydrogen) atoms. The van der Waals surface area contributed by atoms with Gasteiger partial charge in [-0.3, -0.25) is 4.90 Å². The Morgan fingerprint density at radius 2 is 1.78 bits per heavy atom. The molecule has 1 aliphatic carbocycles. The molecule has 2 aromatic carbocycles. The van der Waals surface area contributed by atoms with Gasteiger partial charge in [-0.2, -0.15) is 0 Å². The molecule has 0 spiro atoms. The van der Waals surface area contributed by atoms with E-state index in [1.54, 1.807) is 0 Å². The third-order valence-corrected chi connectivity index (χ3v) is 5.48. The molecule has 1 aliphatic heterocycles. The van der Waals surface area contributed by atoms with E-state index in [1.165, 1.54) is 24.8 Å². The van der Waals surface area contributed by atoms with Crippen LogP contribution in [0.3, 0.4) is 0 Å². The van der Waals surface area contributed by atoms with Gasteiger partial charge >= 0.3 is 0 Å². The normalized spacial score (nSPS) is 27.1. The first-order valence-corrected chi connectivity index (χ1v) is 8.86. The van der Waals surface area contributed by atoms with Crippen LogP contribution in [0.25, 0.3) is 0 Å². The van der Waals surface area contributed by atoms with Crippen molar-refractivity contribution in [1.82, 2.24) is 4.90 Å². The summed E-state index contributed by atoms with van der Waals surface area (Å²) in [7, 11) is 0. The second kappa shape index (κ2) is 6.54. The minimum absolute atomic E-state index is 0.290. The number of hydrogen-bond acceptors (Lipinski definition) is 2. The number of nitrogens with zero attached hydrogens (tertiary/aromatic N) is 1. The van der Waals surface area contributed by atoms with Crippen LogP contribution in [-0.2, 0) is 6.54 Å². The van der Waals surface area contributed by atoms with Crippen LogP contribution in [0.2, 0.25) is 5.02 Å². The number of piperidine rings is 1. The van der Waals surface area contributed by atoms with Gasteiger partial charge in [0.05, 0.1) is 0 Å². The van der Waals surface area contributed by atoms with Crippen LogP contribution >= 0.6 is 11.6 Å². The summed E-state index contributed by atoms with van der Waals surface area (Å²) in [5, 5.41) is 0.757. The zero-order valence-electron chi connectivity index (χ0n) is 13.2. The van der Waals surface area contributed by atoms with E-state index < -0.39 is 0 Å². The van der Waals surface area contributed by atoms with Crippen molar-refractivity contribution in [3.63, 3.8) is 0 Å². The Labute approximate surface area is 143 Å². The van der Waals surface area contributed by atoms with Crippen molar-refractivity contribution in [2.45, 2.75) is 38.0 Å². The minimum atomic E-state index is 0.290. The lowest BCUT2D eigenvalue weighted by molar-refractivity contribution is 0.0340. The number of hydrogen-bond donors (Lipinski definition) is 0. The van der Waals surface area contributed by atoms with E-state index in [-0.39, 0.29) is 0 Å². The maximum absolute atomic E-state index is 6.31. The van der Waals surface area contributed by atoms with E-state index in [0.29, 0.717) is 12.0 Å². The Hall–Kier alpha value is -1.51. The largest absolute Gasteiger partial charge is 0.489 e. The van der Waals surface area contributed by atoms with Gasteiger partial charge in [0.25, 0.3) is 0 Å². The first-order valence-electron chi connectivity index (χ1n) is 8.48. The van der Waals surface area contributed by atoms with Gasteiger partial charge < -0.3 is 4.74 Å². The molecule has 0 aromatic heterocycles. The van der Waals surface area contributed by atoms with E-state index in [9.17, 15) is 0 Å². The Morgan fingerprint density at radius 1 is 1.00 bits per heavy atom. The number of rotatable bonds is 4. The van der Waals surface area contributed by atoms with Gasteiger partial charge in [-0.15, -0.1) is 0 Å². The summed E-state index contributed by atoms with van der Waals surface area (Å²) in [6.45, 7) is 2.05. The Kier molecular flexibility index (Phi) is 4.28. The molecule has 3 heteroatoms. The molecule has 1 heterocycles. The van der Waals surface area contributed by atoms with Crippen molar-refractivity contribution < 1.29 is 4.74 Å². The van der Waals surface area contributed by atoms with Gasteiger partial charge in [0.15, 0.2) is 0 Å². The number of likely N-dealkylation sites (tertiary alicyclic amines) is 1. The summed E-state index contributed by atoms with van der Waals surface area (Å²) >= 11 is 5.97. The highest BCUT2D eigenvalue weighted by Crippen LogP contribution is 2.39. The van der Waals surface area contributed by atoms with Gasteiger partial charge in [0.2, 0.25) is 0 Å². The topological polar surface area (TPSA) is 12.5 Å². The molecule has 0 unspecified atom stereocenters. The highest BCUT2D eigenvalue weighted by molar-refractivity contribution is 6.30. The van der Waals surface area contributed by atoms with Gasteiger partial charge in [-0.05, 0) is 55.0 Å². The number of ether oxygens (including phenoxy) is 1. The zero-order valence-corrected chi connectivity index (χ0v) is 14.0. The van der Waals surface area contributed by atoms with Gasteiger partial charge in [-0.25, -0.2) is 0 Å². The van der Waals surface area contributed by atoms with Crippen molar-refractivity contribution in [2.24, 2.45) is 5.92 Å². The minimum Gasteiger partial charge on any atom is -0.489 e. The molecule has 2 fully saturated rings. The second-order valence-electron chi connectivity index (χ2n) is 6.75. The summed E-state index contributed by atoms with van der Waals surface area (Å²) in [5.41, 5.74) is 1.39. The van der Waals surface area contributed by atoms with Crippen LogP contribution in [0.15, 0.2) is 54.6 Å². The van der Waals surface area contributed by atoms with Gasteiger partial charge in [0, 0.05) is 24.2 Å². The molecule has 1 saturated carbocycles. The molecule has 0 amide bonds. The van der Waals surface area contributed by atoms with Crippen LogP contribution in [-0.4, -0.2) is 23.6 Å². The van der Waals surface area contributed by atoms with Crippen LogP contribution in [0.1, 0.15) is 24.8 Å². The van der Waals surface area contributed by atoms with Crippen LogP contribution < -0.4 is 4.74 Å². The molecule has 0 radical (unpaired) electrons. The van der Waals surface area contributed by atoms with E-state index >= 15 is 0 Å². The van der Waals surface area contributed by atoms with Gasteiger partial charge in [-0.1, -0.05) is 41.9 Å². The summed E-state index contributed by atoms with van der Waals surface area (Å²) in [6.07, 6.45) is 4.15. The highest BCUT2D eigenvalue weighted by atomic mass is 35.5. The maximum Gasteiger partial charge on any atom is 0.119 e. The zero-order chi connectivity index (χ0) is 15.6. The molecule has 120 valence electrons. The molecule has 2 aliphatic rings. The SMILES string of the molecule is Clc1ccc(O[C@H]2CN(Cc3ccccc3)[C@@H]3CC[C@H]2C3)cc1. The highest BCUT2D eigenvalue weighted by Gasteiger charge is 2.41. The summed E-state index contributed by atoms with van der Waals surface area (Å²) in [6, 6.07) is 19.2. The Bertz CT molecular complexity index is 642. The molecular formula is C20H22ClNO. The van der Waals surface area contributed by atoms with Crippen molar-refractivity contribution >= 4 is 11.6 Å². The molecule has 2 aromatic rings. The molecule has 2 bridgehead atoms. The van der Waals surface area contributed by atoms with Crippen molar-refractivity contribution in [2.75, 3.05) is 6.54 Å². The van der Waals surface area contributed by atoms with E-state index in [2.05, 4.69) is 35.2 Å². The fourth-order valence-corrected chi connectivity index (χ4v) is 4.15. The first kappa shape index (κ1) is 15.0. The predicted molar refractivity (Wildman–Crippen MR) is 93.8 cm³/mol. The molecule has 4 rings (SSSR count). The average Bonchev–Trinajstić information content (AvgIpc) is 3.00. The van der Waals surface area contributed by atoms with Crippen molar-refractivity contribution in [3.8, 4) is 5.75 Å². The molecule has 1 saturated heterocycles. The van der Waals surface area contributed by atoms with Crippen molar-refractivity contribution in [1.29, 1.82) is 0 Å². The number of fused-ring (bicyclic) bond motifs is 2. The molecular weight excluding hydrogens is 306 g/mol. The summed E-state index contributed by atoms with van der Waals surface area (Å²) < 4.78 is 6.31. The summed E-state index contributed by atoms with van der Waals surface area (Å²) in [5.74, 6) is 1.63. The smallest absolute Gasteiger partial charge is 0.119 e. The van der Waals surface area contributed by atoms with Crippen LogP contribution in [0.4, 0.5) is 0 Å². The predicted octanol–water partition coefficient (Wildman–Crippen LogP) is 4.77. The van der Waals surface area contributed by atoms with Crippen molar-refractivity contribution in [3.05, 3.63) is 65.2 Å². The fraction of sp³-hybridized carbons (Fsp3) is 0.400. The summed E-state index contributed by atoms with van der Waals surface area (Å²) in [4.78, 5) is 2.61. The second-order valence-corrected chi connectivity index (χ2v) is 7.19. The first-order chi connectivity index (χ1) is 11.3. The van der Waals surface area contributed by atoms with E-state index in [0.717, 1.165) is 29.9 Å². The van der Waals surface area contributed by atoms with Crippen LogP contribution in [0, 0.1) is 5.92 Å². The lowest BCUT2D eigenvalue weighted by atomic mass is 9.95. The molecule has 3 atom stereocenters. The number of halogens is 1. The van der Waals surface area contributed by atoms with Gasteiger partial charge in [0.1, 0.15) is 11.9 Å². The standard InChI is InChI=1S/C20H22ClNO/c21-17-7-10-19(11-8-17)23-20-14-22(18-9-6-16(20)12-18)13-15-4-2-1-3-5-15/h1-5,7-8,10-11,16,18,20H,6,9,12-14H2/t16-,18+,20-/m0/s1. The lowest BCUT2D eigenvalue weighted by Gasteiger charge is -2.38.